The van der Waals surface area contributed by atoms with Gasteiger partial charge in [-0.1, -0.05) is 55.5 Å². The molecule has 2 aromatic carbocycles. The average molecular weight is 403 g/mol. The number of nitrogens with one attached hydrogen (secondary N) is 1. The number of aromatic nitrogens is 6. The van der Waals surface area contributed by atoms with Crippen LogP contribution in [0, 0.1) is 0 Å². The molecule has 0 aliphatic heterocycles. The largest absolute Gasteiger partial charge is 0.329 e. The van der Waals surface area contributed by atoms with E-state index in [2.05, 4.69) is 51.8 Å². The van der Waals surface area contributed by atoms with Crippen LogP contribution >= 0.6 is 0 Å². The number of nitrogens with zero attached hydrogens (tertiary/aromatic N) is 5. The van der Waals surface area contributed by atoms with Crippen molar-refractivity contribution in [3.8, 4) is 22.5 Å². The summed E-state index contributed by atoms with van der Waals surface area (Å²) in [6, 6.07) is 16.3. The van der Waals surface area contributed by atoms with E-state index in [1.807, 2.05) is 60.4 Å². The van der Waals surface area contributed by atoms with E-state index >= 15 is 0 Å². The molecule has 7 heteroatoms. The van der Waals surface area contributed by atoms with Crippen LogP contribution in [0.5, 0.6) is 0 Å². The Bertz CT molecular complexity index is 1190. The molecule has 0 bridgehead atoms. The first-order valence-electron chi connectivity index (χ1n) is 10.1. The number of aryl methyl sites for hydroxylation is 1. The molecule has 0 atom stereocenters. The van der Waals surface area contributed by atoms with E-state index in [9.17, 15) is 4.79 Å². The normalized spacial score (nSPS) is 11.7. The molecule has 0 unspecified atom stereocenters. The van der Waals surface area contributed by atoms with Gasteiger partial charge < -0.3 is 0 Å². The van der Waals surface area contributed by atoms with Crippen molar-refractivity contribution in [1.29, 1.82) is 0 Å². The van der Waals surface area contributed by atoms with Crippen LogP contribution in [-0.2, 0) is 18.5 Å². The van der Waals surface area contributed by atoms with Gasteiger partial charge in [0.05, 0.1) is 6.54 Å². The maximum atomic E-state index is 13.0. The predicted octanol–water partition coefficient (Wildman–Crippen LogP) is 3.86. The number of hydrogen-bond acceptors (Lipinski definition) is 4. The first-order chi connectivity index (χ1) is 14.4. The lowest BCUT2D eigenvalue weighted by Crippen LogP contribution is -2.34. The molecule has 4 aromatic rings. The average Bonchev–Trinajstić information content (AvgIpc) is 3.37. The molecule has 154 valence electrons. The SMILES string of the molecule is CCc1cn(C(C)(C)C)c(=O)n1Cc1ccc(-c2ccccc2-c2nn[nH]n2)cc1. The number of hydrogen-bond donors (Lipinski definition) is 1. The number of benzene rings is 2. The first kappa shape index (κ1) is 19.8. The van der Waals surface area contributed by atoms with E-state index in [4.69, 9.17) is 0 Å². The molecule has 30 heavy (non-hydrogen) atoms. The van der Waals surface area contributed by atoms with E-state index in [0.29, 0.717) is 12.4 Å². The van der Waals surface area contributed by atoms with Crippen molar-refractivity contribution in [2.75, 3.05) is 0 Å². The molecule has 0 saturated carbocycles. The second kappa shape index (κ2) is 7.74. The standard InChI is InChI=1S/C23H26N6O/c1-5-18-15-29(23(2,3)4)22(30)28(18)14-16-10-12-17(13-11-16)19-8-6-7-9-20(19)21-24-26-27-25-21/h6-13,15H,5,14H2,1-4H3,(H,24,25,26,27). The predicted molar refractivity (Wildman–Crippen MR) is 117 cm³/mol. The van der Waals surface area contributed by atoms with Crippen LogP contribution in [0.3, 0.4) is 0 Å². The Balaban J connectivity index is 1.66. The molecule has 1 N–H and O–H groups in total. The molecule has 0 spiro atoms. The van der Waals surface area contributed by atoms with E-state index in [1.165, 1.54) is 0 Å². The van der Waals surface area contributed by atoms with Crippen molar-refractivity contribution in [2.45, 2.75) is 46.2 Å². The van der Waals surface area contributed by atoms with Gasteiger partial charge in [-0.25, -0.2) is 4.79 Å². The van der Waals surface area contributed by atoms with Gasteiger partial charge in [0.2, 0.25) is 5.82 Å². The molecular weight excluding hydrogens is 376 g/mol. The van der Waals surface area contributed by atoms with Gasteiger partial charge in [0.1, 0.15) is 0 Å². The Kier molecular flexibility index (Phi) is 5.11. The second-order valence-electron chi connectivity index (χ2n) is 8.36. The maximum Gasteiger partial charge on any atom is 0.329 e. The third kappa shape index (κ3) is 3.70. The second-order valence-corrected chi connectivity index (χ2v) is 8.36. The smallest absolute Gasteiger partial charge is 0.294 e. The van der Waals surface area contributed by atoms with Crippen LogP contribution in [0.4, 0.5) is 0 Å². The summed E-state index contributed by atoms with van der Waals surface area (Å²) in [5, 5.41) is 14.4. The van der Waals surface area contributed by atoms with Crippen LogP contribution in [0.25, 0.3) is 22.5 Å². The van der Waals surface area contributed by atoms with Crippen molar-refractivity contribution in [3.63, 3.8) is 0 Å². The summed E-state index contributed by atoms with van der Waals surface area (Å²) in [6.45, 7) is 8.78. The van der Waals surface area contributed by atoms with Crippen molar-refractivity contribution >= 4 is 0 Å². The van der Waals surface area contributed by atoms with Crippen molar-refractivity contribution in [1.82, 2.24) is 29.8 Å². The summed E-state index contributed by atoms with van der Waals surface area (Å²) >= 11 is 0. The summed E-state index contributed by atoms with van der Waals surface area (Å²) in [7, 11) is 0. The molecular formula is C23H26N6O. The minimum atomic E-state index is -0.241. The minimum Gasteiger partial charge on any atom is -0.294 e. The molecule has 2 heterocycles. The Hall–Kier alpha value is -3.48. The highest BCUT2D eigenvalue weighted by Crippen LogP contribution is 2.29. The molecule has 4 rings (SSSR count). The van der Waals surface area contributed by atoms with Gasteiger partial charge in [0, 0.05) is 23.0 Å². The van der Waals surface area contributed by atoms with Gasteiger partial charge >= 0.3 is 5.69 Å². The number of imidazole rings is 1. The maximum absolute atomic E-state index is 13.0. The summed E-state index contributed by atoms with van der Waals surface area (Å²) < 4.78 is 3.69. The van der Waals surface area contributed by atoms with Crippen LogP contribution in [0.2, 0.25) is 0 Å². The quantitative estimate of drug-likeness (QED) is 0.550. The molecule has 0 amide bonds. The third-order valence-corrected chi connectivity index (χ3v) is 5.27. The zero-order chi connectivity index (χ0) is 21.3. The van der Waals surface area contributed by atoms with Crippen LogP contribution < -0.4 is 5.69 Å². The van der Waals surface area contributed by atoms with Crippen molar-refractivity contribution in [3.05, 3.63) is 76.5 Å². The first-order valence-corrected chi connectivity index (χ1v) is 10.1. The fourth-order valence-corrected chi connectivity index (χ4v) is 3.64. The number of aromatic amines is 1. The van der Waals surface area contributed by atoms with E-state index in [0.717, 1.165) is 34.4 Å². The highest BCUT2D eigenvalue weighted by atomic mass is 16.1. The number of H-pyrrole nitrogens is 1. The molecule has 2 aromatic heterocycles. The molecule has 7 nitrogen and oxygen atoms in total. The van der Waals surface area contributed by atoms with E-state index in [-0.39, 0.29) is 11.2 Å². The van der Waals surface area contributed by atoms with Gasteiger partial charge in [-0.05, 0) is 49.1 Å². The molecule has 0 aliphatic carbocycles. The van der Waals surface area contributed by atoms with Crippen LogP contribution in [0.15, 0.2) is 59.5 Å². The zero-order valence-electron chi connectivity index (χ0n) is 17.8. The number of rotatable bonds is 5. The lowest BCUT2D eigenvalue weighted by molar-refractivity contribution is 0.380. The van der Waals surface area contributed by atoms with Gasteiger partial charge in [0.15, 0.2) is 0 Å². The molecule has 0 saturated heterocycles. The summed E-state index contributed by atoms with van der Waals surface area (Å²) in [5.41, 5.74) is 4.94. The van der Waals surface area contributed by atoms with Gasteiger partial charge in [-0.15, -0.1) is 10.2 Å². The van der Waals surface area contributed by atoms with E-state index < -0.39 is 0 Å². The Morgan fingerprint density at radius 1 is 1.00 bits per heavy atom. The van der Waals surface area contributed by atoms with Gasteiger partial charge in [-0.2, -0.15) is 5.21 Å². The Morgan fingerprint density at radius 2 is 1.70 bits per heavy atom. The Morgan fingerprint density at radius 3 is 2.30 bits per heavy atom. The lowest BCUT2D eigenvalue weighted by atomic mass is 9.98. The van der Waals surface area contributed by atoms with Crippen molar-refractivity contribution < 1.29 is 0 Å². The molecule has 0 radical (unpaired) electrons. The highest BCUT2D eigenvalue weighted by molar-refractivity contribution is 5.80. The third-order valence-electron chi connectivity index (χ3n) is 5.27. The minimum absolute atomic E-state index is 0.0332. The fraction of sp³-hybridized carbons (Fsp3) is 0.304. The molecule has 0 fully saturated rings. The Labute approximate surface area is 175 Å². The summed E-state index contributed by atoms with van der Waals surface area (Å²) in [5.74, 6) is 0.567. The fourth-order valence-electron chi connectivity index (χ4n) is 3.64. The van der Waals surface area contributed by atoms with Gasteiger partial charge in [-0.3, -0.25) is 9.13 Å². The topological polar surface area (TPSA) is 81.4 Å². The summed E-state index contributed by atoms with van der Waals surface area (Å²) in [4.78, 5) is 13.0. The highest BCUT2D eigenvalue weighted by Gasteiger charge is 2.20. The number of tetrazole rings is 1. The zero-order valence-corrected chi connectivity index (χ0v) is 17.8. The lowest BCUT2D eigenvalue weighted by Gasteiger charge is -2.19. The van der Waals surface area contributed by atoms with Crippen molar-refractivity contribution in [2.24, 2.45) is 0 Å². The van der Waals surface area contributed by atoms with E-state index in [1.54, 1.807) is 0 Å². The van der Waals surface area contributed by atoms with Gasteiger partial charge in [0.25, 0.3) is 0 Å². The molecule has 0 aliphatic rings. The van der Waals surface area contributed by atoms with Crippen LogP contribution in [0.1, 0.15) is 39.0 Å². The van der Waals surface area contributed by atoms with Crippen LogP contribution in [-0.4, -0.2) is 29.8 Å². The monoisotopic (exact) mass is 402 g/mol. The summed E-state index contributed by atoms with van der Waals surface area (Å²) in [6.07, 6.45) is 2.80.